The van der Waals surface area contributed by atoms with Crippen molar-refractivity contribution < 1.29 is 22.5 Å². The minimum atomic E-state index is -3.66. The van der Waals surface area contributed by atoms with Gasteiger partial charge in [0.25, 0.3) is 0 Å². The van der Waals surface area contributed by atoms with Crippen molar-refractivity contribution >= 4 is 16.1 Å². The summed E-state index contributed by atoms with van der Waals surface area (Å²) in [4.78, 5) is 19.0. The van der Waals surface area contributed by atoms with E-state index in [4.69, 9.17) is 9.29 Å². The minimum Gasteiger partial charge on any atom is -0.477 e. The largest absolute Gasteiger partial charge is 0.477 e. The van der Waals surface area contributed by atoms with E-state index in [2.05, 4.69) is 15.1 Å². The number of rotatable bonds is 5. The van der Waals surface area contributed by atoms with Gasteiger partial charge in [-0.3, -0.25) is 4.68 Å². The van der Waals surface area contributed by atoms with E-state index >= 15 is 0 Å². The Morgan fingerprint density at radius 3 is 2.48 bits per heavy atom. The molecule has 0 saturated carbocycles. The maximum Gasteiger partial charge on any atom is 0.354 e. The predicted octanol–water partition coefficient (Wildman–Crippen LogP) is 0.304. The van der Waals surface area contributed by atoms with Gasteiger partial charge in [-0.15, -0.1) is 0 Å². The Bertz CT molecular complexity index is 766. The average molecular weight is 312 g/mol. The molecule has 2 heterocycles. The highest BCUT2D eigenvalue weighted by Crippen LogP contribution is 2.21. The third-order valence-corrected chi connectivity index (χ3v) is 3.74. The van der Waals surface area contributed by atoms with Crippen molar-refractivity contribution in [3.8, 4) is 17.1 Å². The van der Waals surface area contributed by atoms with Crippen molar-refractivity contribution in [3.05, 3.63) is 24.3 Å². The van der Waals surface area contributed by atoms with E-state index < -0.39 is 16.1 Å². The molecule has 21 heavy (non-hydrogen) atoms. The lowest BCUT2D eigenvalue weighted by atomic mass is 10.2. The molecular weight excluding hydrogens is 300 g/mol. The summed E-state index contributed by atoms with van der Waals surface area (Å²) in [6.45, 7) is 1.44. The molecule has 0 fully saturated rings. The highest BCUT2D eigenvalue weighted by Gasteiger charge is 2.19. The molecule has 2 aromatic heterocycles. The molecule has 2 aromatic rings. The number of nitrogens with zero attached hydrogens (tertiary/aromatic N) is 4. The molecule has 112 valence electrons. The number of aromatic carboxylic acids is 1. The summed E-state index contributed by atoms with van der Waals surface area (Å²) in [7, 11) is -2.17. The zero-order valence-electron chi connectivity index (χ0n) is 11.2. The fourth-order valence-electron chi connectivity index (χ4n) is 1.56. The van der Waals surface area contributed by atoms with E-state index in [-0.39, 0.29) is 28.6 Å². The van der Waals surface area contributed by atoms with Gasteiger partial charge >= 0.3 is 16.1 Å². The second kappa shape index (κ2) is 5.48. The maximum absolute atomic E-state index is 11.3. The molecule has 0 radical (unpaired) electrons. The Kier molecular flexibility index (Phi) is 3.89. The smallest absolute Gasteiger partial charge is 0.354 e. The fraction of sp³-hybridized carbons (Fsp3) is 0.273. The van der Waals surface area contributed by atoms with Crippen LogP contribution in [0.15, 0.2) is 18.6 Å². The molecule has 0 aliphatic heterocycles. The van der Waals surface area contributed by atoms with Crippen LogP contribution >= 0.6 is 0 Å². The van der Waals surface area contributed by atoms with Crippen LogP contribution in [0.25, 0.3) is 11.4 Å². The first-order valence-electron chi connectivity index (χ1n) is 5.84. The van der Waals surface area contributed by atoms with Gasteiger partial charge in [-0.2, -0.15) is 13.5 Å². The van der Waals surface area contributed by atoms with Crippen LogP contribution in [0.5, 0.6) is 5.75 Å². The molecule has 0 spiro atoms. The molecular formula is C11H12N4O5S. The summed E-state index contributed by atoms with van der Waals surface area (Å²) in [5, 5.41) is 13.0. The SMILES string of the molecule is CCS(=O)(=O)Oc1cnc(-c2cnn(C)c2C(=O)O)nc1. The zero-order valence-corrected chi connectivity index (χ0v) is 12.0. The number of aromatic nitrogens is 4. The molecule has 0 aliphatic rings. The summed E-state index contributed by atoms with van der Waals surface area (Å²) in [6.07, 6.45) is 3.64. The molecule has 0 amide bonds. The van der Waals surface area contributed by atoms with Gasteiger partial charge in [-0.05, 0) is 6.92 Å². The van der Waals surface area contributed by atoms with Crippen molar-refractivity contribution in [1.82, 2.24) is 19.7 Å². The predicted molar refractivity (Wildman–Crippen MR) is 71.3 cm³/mol. The molecule has 0 saturated heterocycles. The Morgan fingerprint density at radius 1 is 1.33 bits per heavy atom. The fourth-order valence-corrected chi connectivity index (χ4v) is 2.06. The van der Waals surface area contributed by atoms with Crippen LogP contribution in [-0.4, -0.2) is 45.0 Å². The maximum atomic E-state index is 11.3. The van der Waals surface area contributed by atoms with Crippen LogP contribution in [0, 0.1) is 0 Å². The lowest BCUT2D eigenvalue weighted by Crippen LogP contribution is -2.12. The van der Waals surface area contributed by atoms with Crippen LogP contribution in [0.3, 0.4) is 0 Å². The van der Waals surface area contributed by atoms with Crippen LogP contribution < -0.4 is 4.18 Å². The van der Waals surface area contributed by atoms with Gasteiger partial charge in [0.05, 0.1) is 29.9 Å². The molecule has 0 aromatic carbocycles. The van der Waals surface area contributed by atoms with Crippen LogP contribution in [0.4, 0.5) is 0 Å². The molecule has 0 aliphatic carbocycles. The number of hydrogen-bond acceptors (Lipinski definition) is 7. The molecule has 10 heteroatoms. The van der Waals surface area contributed by atoms with Crippen molar-refractivity contribution in [1.29, 1.82) is 0 Å². The van der Waals surface area contributed by atoms with Crippen LogP contribution in [0.2, 0.25) is 0 Å². The summed E-state index contributed by atoms with van der Waals surface area (Å²) in [5.41, 5.74) is 0.166. The standard InChI is InChI=1S/C11H12N4O5S/c1-3-21(18,19)20-7-4-12-10(13-5-7)8-6-14-15(2)9(8)11(16)17/h4-6H,3H2,1-2H3,(H,16,17). The molecule has 9 nitrogen and oxygen atoms in total. The number of aryl methyl sites for hydroxylation is 1. The third kappa shape index (κ3) is 3.16. The van der Waals surface area contributed by atoms with Crippen LogP contribution in [0.1, 0.15) is 17.4 Å². The lowest BCUT2D eigenvalue weighted by molar-refractivity contribution is 0.0685. The van der Waals surface area contributed by atoms with E-state index in [1.807, 2.05) is 0 Å². The molecule has 0 unspecified atom stereocenters. The summed E-state index contributed by atoms with van der Waals surface area (Å²) >= 11 is 0. The Labute approximate surface area is 120 Å². The van der Waals surface area contributed by atoms with E-state index in [1.165, 1.54) is 24.9 Å². The van der Waals surface area contributed by atoms with E-state index in [9.17, 15) is 13.2 Å². The average Bonchev–Trinajstić information content (AvgIpc) is 2.81. The van der Waals surface area contributed by atoms with E-state index in [0.717, 1.165) is 12.4 Å². The van der Waals surface area contributed by atoms with Gasteiger partial charge in [-0.25, -0.2) is 14.8 Å². The number of carboxylic acid groups (broad SMARTS) is 1. The van der Waals surface area contributed by atoms with Gasteiger partial charge in [0.1, 0.15) is 0 Å². The third-order valence-electron chi connectivity index (χ3n) is 2.59. The summed E-state index contributed by atoms with van der Waals surface area (Å²) in [5.74, 6) is -1.27. The van der Waals surface area contributed by atoms with Crippen molar-refractivity contribution in [3.63, 3.8) is 0 Å². The first-order valence-corrected chi connectivity index (χ1v) is 7.41. The Hall–Kier alpha value is -2.49. The van der Waals surface area contributed by atoms with Crippen molar-refractivity contribution in [2.75, 3.05) is 5.75 Å². The van der Waals surface area contributed by atoms with Crippen molar-refractivity contribution in [2.45, 2.75) is 6.92 Å². The highest BCUT2D eigenvalue weighted by molar-refractivity contribution is 7.87. The first kappa shape index (κ1) is 14.9. The van der Waals surface area contributed by atoms with Gasteiger partial charge in [0.15, 0.2) is 17.3 Å². The summed E-state index contributed by atoms with van der Waals surface area (Å²) in [6, 6.07) is 0. The Balaban J connectivity index is 2.34. The van der Waals surface area contributed by atoms with Gasteiger partial charge in [0.2, 0.25) is 0 Å². The Morgan fingerprint density at radius 2 is 1.95 bits per heavy atom. The molecule has 1 N–H and O–H groups in total. The topological polar surface area (TPSA) is 124 Å². The molecule has 0 atom stereocenters. The minimum absolute atomic E-state index is 0.0404. The lowest BCUT2D eigenvalue weighted by Gasteiger charge is -2.04. The second-order valence-electron chi connectivity index (χ2n) is 4.01. The van der Waals surface area contributed by atoms with Gasteiger partial charge in [0, 0.05) is 7.05 Å². The molecule has 2 rings (SSSR count). The van der Waals surface area contributed by atoms with Crippen LogP contribution in [-0.2, 0) is 17.2 Å². The van der Waals surface area contributed by atoms with Crippen molar-refractivity contribution in [2.24, 2.45) is 7.05 Å². The second-order valence-corrected chi connectivity index (χ2v) is 5.87. The van der Waals surface area contributed by atoms with Gasteiger partial charge < -0.3 is 9.29 Å². The number of carbonyl (C=O) groups is 1. The van der Waals surface area contributed by atoms with Gasteiger partial charge in [-0.1, -0.05) is 0 Å². The van der Waals surface area contributed by atoms with E-state index in [1.54, 1.807) is 0 Å². The molecule has 0 bridgehead atoms. The monoisotopic (exact) mass is 312 g/mol. The zero-order chi connectivity index (χ0) is 15.6. The normalized spacial score (nSPS) is 11.3. The number of hydrogen-bond donors (Lipinski definition) is 1. The quantitative estimate of drug-likeness (QED) is 0.782. The highest BCUT2D eigenvalue weighted by atomic mass is 32.2. The van der Waals surface area contributed by atoms with E-state index in [0.29, 0.717) is 0 Å². The first-order chi connectivity index (χ1) is 9.84. The number of carboxylic acids is 1. The summed E-state index contributed by atoms with van der Waals surface area (Å²) < 4.78 is 28.5.